The van der Waals surface area contributed by atoms with Gasteiger partial charge in [-0.3, -0.25) is 4.98 Å². The Labute approximate surface area is 196 Å². The number of rotatable bonds is 14. The topological polar surface area (TPSA) is 87.5 Å². The minimum Gasteiger partial charge on any atom is -0.493 e. The molecule has 2 N–H and O–H groups in total. The second-order valence-corrected chi connectivity index (χ2v) is 8.28. The van der Waals surface area contributed by atoms with Gasteiger partial charge in [-0.2, -0.15) is 0 Å². The van der Waals surface area contributed by atoms with E-state index in [0.717, 1.165) is 18.7 Å². The van der Waals surface area contributed by atoms with E-state index >= 15 is 0 Å². The normalized spacial score (nSPS) is 11.7. The van der Waals surface area contributed by atoms with Crippen LogP contribution in [0.5, 0.6) is 11.5 Å². The van der Waals surface area contributed by atoms with E-state index in [4.69, 9.17) is 15.2 Å². The Bertz CT molecular complexity index is 972. The molecule has 0 aliphatic rings. The summed E-state index contributed by atoms with van der Waals surface area (Å²) in [6.45, 7) is 5.71. The molecule has 1 aromatic carbocycles. The van der Waals surface area contributed by atoms with Gasteiger partial charge in [0, 0.05) is 31.2 Å². The molecule has 0 spiro atoms. The van der Waals surface area contributed by atoms with Crippen LogP contribution in [0.15, 0.2) is 66.3 Å². The van der Waals surface area contributed by atoms with Crippen LogP contribution in [0.2, 0.25) is 0 Å². The number of nitrogens with zero attached hydrogens (tertiary/aromatic N) is 4. The molecule has 0 amide bonds. The fraction of sp³-hybridized carbons (Fsp3) is 0.423. The van der Waals surface area contributed by atoms with Crippen molar-refractivity contribution in [2.75, 3.05) is 6.61 Å². The largest absolute Gasteiger partial charge is 0.493 e. The highest BCUT2D eigenvalue weighted by atomic mass is 16.5. The quantitative estimate of drug-likeness (QED) is 0.199. The van der Waals surface area contributed by atoms with Gasteiger partial charge >= 0.3 is 0 Å². The van der Waals surface area contributed by atoms with Gasteiger partial charge in [0.1, 0.15) is 28.7 Å². The molecule has 3 rings (SSSR count). The van der Waals surface area contributed by atoms with Crippen molar-refractivity contribution in [3.8, 4) is 11.5 Å². The van der Waals surface area contributed by atoms with Crippen LogP contribution in [0, 0.1) is 0 Å². The van der Waals surface area contributed by atoms with Gasteiger partial charge in [-0.1, -0.05) is 31.7 Å². The number of benzene rings is 1. The summed E-state index contributed by atoms with van der Waals surface area (Å²) in [5, 5.41) is 0. The van der Waals surface area contributed by atoms with Crippen LogP contribution in [0.4, 0.5) is 5.69 Å². The Balaban J connectivity index is 1.43. The van der Waals surface area contributed by atoms with Crippen molar-refractivity contribution >= 4 is 11.5 Å². The lowest BCUT2D eigenvalue weighted by Crippen LogP contribution is -2.14. The van der Waals surface area contributed by atoms with Gasteiger partial charge in [-0.15, -0.1) is 0 Å². The predicted molar refractivity (Wildman–Crippen MR) is 132 cm³/mol. The van der Waals surface area contributed by atoms with Gasteiger partial charge in [0.15, 0.2) is 0 Å². The molecule has 0 saturated carbocycles. The summed E-state index contributed by atoms with van der Waals surface area (Å²) in [7, 11) is 0. The van der Waals surface area contributed by atoms with Gasteiger partial charge in [0.2, 0.25) is 0 Å². The first-order chi connectivity index (χ1) is 16.1. The van der Waals surface area contributed by atoms with Crippen LogP contribution in [-0.4, -0.2) is 33.1 Å². The lowest BCUT2D eigenvalue weighted by Gasteiger charge is -2.14. The summed E-state index contributed by atoms with van der Waals surface area (Å²) in [5.74, 6) is 1.78. The predicted octanol–water partition coefficient (Wildman–Crippen LogP) is 5.52. The molecule has 0 bridgehead atoms. The van der Waals surface area contributed by atoms with Gasteiger partial charge in [0.05, 0.1) is 19.0 Å². The van der Waals surface area contributed by atoms with Crippen LogP contribution in [0.25, 0.3) is 0 Å². The molecule has 2 heterocycles. The van der Waals surface area contributed by atoms with E-state index < -0.39 is 0 Å². The Morgan fingerprint density at radius 3 is 2.58 bits per heavy atom. The van der Waals surface area contributed by atoms with Crippen molar-refractivity contribution in [2.45, 2.75) is 65.0 Å². The van der Waals surface area contributed by atoms with E-state index in [9.17, 15) is 0 Å². The average Bonchev–Trinajstić information content (AvgIpc) is 3.33. The Morgan fingerprint density at radius 1 is 1.03 bits per heavy atom. The molecule has 0 radical (unpaired) electrons. The maximum absolute atomic E-state index is 6.14. The molecule has 0 unspecified atom stereocenters. The van der Waals surface area contributed by atoms with Crippen LogP contribution >= 0.6 is 0 Å². The minimum atomic E-state index is 0.0130. The van der Waals surface area contributed by atoms with Crippen LogP contribution in [-0.2, 0) is 6.54 Å². The summed E-state index contributed by atoms with van der Waals surface area (Å²) in [6.07, 6.45) is 14.6. The van der Waals surface area contributed by atoms with Gasteiger partial charge in [-0.05, 0) is 51.0 Å². The van der Waals surface area contributed by atoms with E-state index in [-0.39, 0.29) is 6.10 Å². The van der Waals surface area contributed by atoms with Crippen molar-refractivity contribution < 1.29 is 9.47 Å². The monoisotopic (exact) mass is 449 g/mol. The van der Waals surface area contributed by atoms with Gasteiger partial charge in [-0.25, -0.2) is 9.98 Å². The van der Waals surface area contributed by atoms with Crippen molar-refractivity contribution in [1.82, 2.24) is 14.5 Å². The number of hydrogen-bond donors (Lipinski definition) is 1. The van der Waals surface area contributed by atoms with E-state index in [1.807, 2.05) is 69.0 Å². The average molecular weight is 450 g/mol. The zero-order valence-corrected chi connectivity index (χ0v) is 19.7. The Hall–Kier alpha value is -3.35. The second kappa shape index (κ2) is 13.3. The van der Waals surface area contributed by atoms with Crippen LogP contribution in [0.1, 0.15) is 58.1 Å². The Kier molecular flexibility index (Phi) is 9.76. The molecule has 33 heavy (non-hydrogen) atoms. The van der Waals surface area contributed by atoms with Crippen LogP contribution < -0.4 is 15.2 Å². The number of aliphatic imine (C=N–C) groups is 1. The van der Waals surface area contributed by atoms with E-state index in [1.54, 1.807) is 6.20 Å². The van der Waals surface area contributed by atoms with E-state index in [1.165, 1.54) is 32.1 Å². The molecule has 7 nitrogen and oxygen atoms in total. The highest BCUT2D eigenvalue weighted by Gasteiger charge is 2.09. The van der Waals surface area contributed by atoms with Crippen molar-refractivity contribution in [1.29, 1.82) is 0 Å². The lowest BCUT2D eigenvalue weighted by molar-refractivity contribution is 0.240. The number of imidazole rings is 1. The highest BCUT2D eigenvalue weighted by Crippen LogP contribution is 2.33. The molecule has 7 heteroatoms. The number of amidine groups is 1. The summed E-state index contributed by atoms with van der Waals surface area (Å²) in [4.78, 5) is 12.9. The first kappa shape index (κ1) is 24.3. The van der Waals surface area contributed by atoms with Crippen LogP contribution in [0.3, 0.4) is 0 Å². The smallest absolute Gasteiger partial charge is 0.150 e. The summed E-state index contributed by atoms with van der Waals surface area (Å²) in [5.41, 5.74) is 7.44. The minimum absolute atomic E-state index is 0.0130. The molecule has 0 aliphatic carbocycles. The third-order valence-corrected chi connectivity index (χ3v) is 5.10. The number of unbranched alkanes of at least 4 members (excludes halogenated alkanes) is 5. The first-order valence-corrected chi connectivity index (χ1v) is 11.8. The third kappa shape index (κ3) is 8.60. The Morgan fingerprint density at radius 2 is 1.85 bits per heavy atom. The van der Waals surface area contributed by atoms with E-state index in [0.29, 0.717) is 29.6 Å². The molecule has 176 valence electrons. The zero-order chi connectivity index (χ0) is 23.3. The summed E-state index contributed by atoms with van der Waals surface area (Å²) < 4.78 is 14.1. The number of aromatic nitrogens is 3. The number of nitrogens with two attached hydrogens (primary N) is 1. The maximum Gasteiger partial charge on any atom is 0.150 e. The van der Waals surface area contributed by atoms with Gasteiger partial charge in [0.25, 0.3) is 0 Å². The number of pyridine rings is 1. The molecule has 2 aromatic heterocycles. The highest BCUT2D eigenvalue weighted by molar-refractivity contribution is 5.97. The van der Waals surface area contributed by atoms with Crippen molar-refractivity contribution in [3.63, 3.8) is 0 Å². The maximum atomic E-state index is 6.14. The fourth-order valence-corrected chi connectivity index (χ4v) is 3.44. The summed E-state index contributed by atoms with van der Waals surface area (Å²) in [6, 6.07) is 11.2. The van der Waals surface area contributed by atoms with Gasteiger partial charge < -0.3 is 19.8 Å². The molecule has 3 aromatic rings. The molecular weight excluding hydrogens is 414 g/mol. The number of hydrogen-bond acceptors (Lipinski definition) is 5. The molecule has 0 atom stereocenters. The van der Waals surface area contributed by atoms with E-state index in [2.05, 4.69) is 19.5 Å². The number of aryl methyl sites for hydroxylation is 1. The summed E-state index contributed by atoms with van der Waals surface area (Å²) >= 11 is 0. The van der Waals surface area contributed by atoms with Crippen molar-refractivity contribution in [2.24, 2.45) is 10.7 Å². The SMILES string of the molecule is CC(C)Oc1cc(OCCCCCCCCn2ccnc2)ccc1N=C(N)c1ccccn1. The molecular formula is C26H35N5O2. The first-order valence-electron chi connectivity index (χ1n) is 11.8. The molecule has 0 fully saturated rings. The second-order valence-electron chi connectivity index (χ2n) is 8.28. The molecule has 0 saturated heterocycles. The lowest BCUT2D eigenvalue weighted by atomic mass is 10.1. The standard InChI is InChI=1S/C26H35N5O2/c1-21(2)33-25-19-22(12-13-23(25)30-26(27)24-11-7-8-14-29-24)32-18-10-6-4-3-5-9-16-31-17-15-28-20-31/h7-8,11-15,17,19-21H,3-6,9-10,16,18H2,1-2H3,(H2,27,30). The molecule has 0 aliphatic heterocycles. The zero-order valence-electron chi connectivity index (χ0n) is 19.7. The van der Waals surface area contributed by atoms with Crippen molar-refractivity contribution in [3.05, 3.63) is 67.0 Å². The number of ether oxygens (including phenoxy) is 2. The third-order valence-electron chi connectivity index (χ3n) is 5.10. The fourth-order valence-electron chi connectivity index (χ4n) is 3.44.